The van der Waals surface area contributed by atoms with E-state index in [1.807, 2.05) is 6.92 Å². The van der Waals surface area contributed by atoms with E-state index in [4.69, 9.17) is 14.2 Å². The number of carbonyl (C=O) groups is 1. The second kappa shape index (κ2) is 13.0. The Kier molecular flexibility index (Phi) is 9.14. The molecule has 1 aromatic carbocycles. The lowest BCUT2D eigenvalue weighted by atomic mass is 10.1. The van der Waals surface area contributed by atoms with Crippen LogP contribution in [0.1, 0.15) is 49.5 Å². The Morgan fingerprint density at radius 2 is 1.95 bits per heavy atom. The molecule has 1 amide bonds. The fraction of sp³-hybridized carbons (Fsp3) is 0.464. The van der Waals surface area contributed by atoms with E-state index in [1.165, 1.54) is 52.3 Å². The minimum absolute atomic E-state index is 0.0901. The normalized spacial score (nSPS) is 15.8. The first-order valence-corrected chi connectivity index (χ1v) is 14.6. The van der Waals surface area contributed by atoms with Crippen molar-refractivity contribution >= 4 is 27.5 Å². The van der Waals surface area contributed by atoms with Crippen molar-refractivity contribution < 1.29 is 23.4 Å². The van der Waals surface area contributed by atoms with Gasteiger partial charge in [0, 0.05) is 24.8 Å². The number of fused-ring (bicyclic) bond motifs is 1. The summed E-state index contributed by atoms with van der Waals surface area (Å²) in [6.45, 7) is 4.90. The fourth-order valence-electron chi connectivity index (χ4n) is 5.04. The first-order valence-electron chi connectivity index (χ1n) is 13.8. The summed E-state index contributed by atoms with van der Waals surface area (Å²) in [5, 5.41) is 12.0. The molecule has 0 unspecified atom stereocenters. The molecule has 1 N–H and O–H groups in total. The van der Waals surface area contributed by atoms with Gasteiger partial charge >= 0.3 is 5.69 Å². The zero-order valence-corrected chi connectivity index (χ0v) is 24.5. The molecule has 14 heteroatoms. The molecule has 0 spiro atoms. The summed E-state index contributed by atoms with van der Waals surface area (Å²) in [6, 6.07) is 3.24. The molecule has 42 heavy (non-hydrogen) atoms. The molecular weight excluding hydrogens is 567 g/mol. The molecule has 1 aliphatic heterocycles. The number of rotatable bonds is 13. The van der Waals surface area contributed by atoms with Gasteiger partial charge in [-0.1, -0.05) is 24.7 Å². The molecule has 3 aromatic heterocycles. The van der Waals surface area contributed by atoms with Crippen LogP contribution < -0.4 is 21.3 Å². The van der Waals surface area contributed by atoms with Gasteiger partial charge in [-0.15, -0.1) is 4.80 Å². The van der Waals surface area contributed by atoms with Crippen LogP contribution in [0.5, 0.6) is 5.75 Å². The van der Waals surface area contributed by atoms with Gasteiger partial charge in [0.2, 0.25) is 5.91 Å². The average molecular weight is 601 g/mol. The minimum Gasteiger partial charge on any atom is -0.493 e. The van der Waals surface area contributed by atoms with Crippen molar-refractivity contribution in [3.63, 3.8) is 0 Å². The van der Waals surface area contributed by atoms with Gasteiger partial charge in [0.25, 0.3) is 5.56 Å². The molecule has 1 aliphatic rings. The van der Waals surface area contributed by atoms with Crippen molar-refractivity contribution in [3.8, 4) is 10.8 Å². The Morgan fingerprint density at radius 3 is 2.64 bits per heavy atom. The van der Waals surface area contributed by atoms with E-state index < -0.39 is 35.1 Å². The van der Waals surface area contributed by atoms with Gasteiger partial charge in [0.15, 0.2) is 0 Å². The largest absolute Gasteiger partial charge is 0.493 e. The van der Waals surface area contributed by atoms with E-state index in [-0.39, 0.29) is 25.1 Å². The van der Waals surface area contributed by atoms with E-state index in [9.17, 15) is 18.8 Å². The molecule has 2 atom stereocenters. The molecule has 4 aromatic rings. The van der Waals surface area contributed by atoms with Gasteiger partial charge in [-0.25, -0.2) is 13.8 Å². The predicted octanol–water partition coefficient (Wildman–Crippen LogP) is 2.90. The molecule has 5 rings (SSSR count). The smallest absolute Gasteiger partial charge is 0.332 e. The van der Waals surface area contributed by atoms with E-state index in [0.717, 1.165) is 17.4 Å². The Morgan fingerprint density at radius 1 is 1.17 bits per heavy atom. The lowest BCUT2D eigenvalue weighted by Gasteiger charge is -2.23. The summed E-state index contributed by atoms with van der Waals surface area (Å²) in [6.07, 6.45) is 4.19. The number of benzene rings is 1. The Bertz CT molecular complexity index is 1680. The number of aromatic nitrogens is 5. The fourth-order valence-corrected chi connectivity index (χ4v) is 6.26. The topological polar surface area (TPSA) is 132 Å². The van der Waals surface area contributed by atoms with Crippen molar-refractivity contribution in [1.29, 1.82) is 0 Å². The standard InChI is InChI=1S/C28H33FN6O6S/c1-4-5-12-40-21-7-6-18(29)15-19(21)22(41-14-13-39-3)16-33-27-23(17(2)26(42-27)35-31-10-11-32-35)25(37)34(28(33)38)20-8-9-30-24(20)36/h6-7,10-11,15,20,22H,4-5,8-9,12-14,16H2,1-3H3,(H,30,36)/t20-,22-/m0/s1. The number of carbonyl (C=O) groups excluding carboxylic acids is 1. The van der Waals surface area contributed by atoms with Crippen molar-refractivity contribution in [2.75, 3.05) is 33.5 Å². The van der Waals surface area contributed by atoms with E-state index in [0.29, 0.717) is 46.3 Å². The number of methoxy groups -OCH3 is 1. The number of amides is 1. The maximum atomic E-state index is 14.6. The number of nitrogens with zero attached hydrogens (tertiary/aromatic N) is 5. The predicted molar refractivity (Wildman–Crippen MR) is 154 cm³/mol. The summed E-state index contributed by atoms with van der Waals surface area (Å²) in [4.78, 5) is 42.4. The molecule has 224 valence electrons. The number of hydrogen-bond acceptors (Lipinski definition) is 9. The van der Waals surface area contributed by atoms with Crippen molar-refractivity contribution in [3.05, 3.63) is 68.4 Å². The van der Waals surface area contributed by atoms with Crippen molar-refractivity contribution in [2.24, 2.45) is 0 Å². The Labute approximate surface area is 244 Å². The van der Waals surface area contributed by atoms with Gasteiger partial charge in [-0.05, 0) is 38.0 Å². The highest BCUT2D eigenvalue weighted by molar-refractivity contribution is 7.21. The molecule has 4 heterocycles. The Balaban J connectivity index is 1.70. The van der Waals surface area contributed by atoms with Gasteiger partial charge in [0.05, 0.1) is 44.1 Å². The minimum atomic E-state index is -0.957. The summed E-state index contributed by atoms with van der Waals surface area (Å²) in [5.74, 6) is -0.451. The van der Waals surface area contributed by atoms with Crippen LogP contribution in [0.2, 0.25) is 0 Å². The summed E-state index contributed by atoms with van der Waals surface area (Å²) < 4.78 is 34.4. The summed E-state index contributed by atoms with van der Waals surface area (Å²) in [7, 11) is 1.54. The van der Waals surface area contributed by atoms with Gasteiger partial charge in [-0.3, -0.25) is 14.2 Å². The quantitative estimate of drug-likeness (QED) is 0.232. The number of hydrogen-bond donors (Lipinski definition) is 1. The van der Waals surface area contributed by atoms with Crippen LogP contribution in [0.15, 0.2) is 40.2 Å². The molecule has 12 nitrogen and oxygen atoms in total. The van der Waals surface area contributed by atoms with Crippen LogP contribution in [-0.2, 0) is 20.8 Å². The zero-order valence-electron chi connectivity index (χ0n) is 23.7. The average Bonchev–Trinajstić information content (AvgIpc) is 3.72. The zero-order chi connectivity index (χ0) is 29.8. The van der Waals surface area contributed by atoms with Crippen LogP contribution in [0.4, 0.5) is 4.39 Å². The van der Waals surface area contributed by atoms with E-state index in [1.54, 1.807) is 13.0 Å². The van der Waals surface area contributed by atoms with Crippen LogP contribution in [-0.4, -0.2) is 63.5 Å². The second-order valence-corrected chi connectivity index (χ2v) is 10.9. The summed E-state index contributed by atoms with van der Waals surface area (Å²) in [5.41, 5.74) is -0.239. The number of halogens is 1. The highest BCUT2D eigenvalue weighted by Crippen LogP contribution is 2.34. The number of aryl methyl sites for hydroxylation is 1. The van der Waals surface area contributed by atoms with Gasteiger partial charge in [0.1, 0.15) is 33.5 Å². The third-order valence-electron chi connectivity index (χ3n) is 7.18. The number of ether oxygens (including phenoxy) is 3. The van der Waals surface area contributed by atoms with Crippen molar-refractivity contribution in [2.45, 2.75) is 51.8 Å². The first kappa shape index (κ1) is 29.6. The third-order valence-corrected chi connectivity index (χ3v) is 8.46. The lowest BCUT2D eigenvalue weighted by molar-refractivity contribution is -0.122. The van der Waals surface area contributed by atoms with Crippen molar-refractivity contribution in [1.82, 2.24) is 29.4 Å². The second-order valence-electron chi connectivity index (χ2n) is 9.93. The van der Waals surface area contributed by atoms with Crippen LogP contribution in [0, 0.1) is 12.7 Å². The lowest BCUT2D eigenvalue weighted by Crippen LogP contribution is -2.44. The molecular formula is C28H33FN6O6S. The van der Waals surface area contributed by atoms with Crippen LogP contribution >= 0.6 is 11.3 Å². The molecule has 1 saturated heterocycles. The van der Waals surface area contributed by atoms with Gasteiger partial charge < -0.3 is 19.5 Å². The highest BCUT2D eigenvalue weighted by atomic mass is 32.1. The van der Waals surface area contributed by atoms with Gasteiger partial charge in [-0.2, -0.15) is 10.2 Å². The third kappa shape index (κ3) is 5.74. The number of nitrogens with one attached hydrogen (secondary N) is 1. The summed E-state index contributed by atoms with van der Waals surface area (Å²) >= 11 is 1.18. The van der Waals surface area contributed by atoms with Crippen LogP contribution in [0.25, 0.3) is 15.2 Å². The molecule has 0 bridgehead atoms. The Hall–Kier alpha value is -3.88. The van der Waals surface area contributed by atoms with E-state index >= 15 is 0 Å². The van der Waals surface area contributed by atoms with E-state index in [2.05, 4.69) is 15.5 Å². The maximum absolute atomic E-state index is 14.6. The first-order chi connectivity index (χ1) is 20.3. The monoisotopic (exact) mass is 600 g/mol. The molecule has 0 saturated carbocycles. The number of thiophene rings is 1. The number of unbranched alkanes of at least 4 members (excludes halogenated alkanes) is 1. The molecule has 1 fully saturated rings. The SMILES string of the molecule is CCCCOc1ccc(F)cc1[C@H](Cn1c(=O)n([C@H]2CCNC2=O)c(=O)c2c(C)c(-n3nccn3)sc21)OCCOC. The molecule has 0 radical (unpaired) electrons. The highest BCUT2D eigenvalue weighted by Gasteiger charge is 2.33. The maximum Gasteiger partial charge on any atom is 0.332 e. The van der Waals surface area contributed by atoms with Crippen LogP contribution in [0.3, 0.4) is 0 Å². The molecule has 0 aliphatic carbocycles.